The minimum Gasteiger partial charge on any atom is -0.323 e. The lowest BCUT2D eigenvalue weighted by molar-refractivity contribution is 1.05. The summed E-state index contributed by atoms with van der Waals surface area (Å²) in [6.07, 6.45) is 1.55. The van der Waals surface area contributed by atoms with Crippen molar-refractivity contribution in [2.75, 3.05) is 5.32 Å². The van der Waals surface area contributed by atoms with Gasteiger partial charge in [0.05, 0.1) is 5.52 Å². The van der Waals surface area contributed by atoms with Crippen LogP contribution in [-0.2, 0) is 0 Å². The number of fused-ring (bicyclic) bond motifs is 1. The molecule has 17 heavy (non-hydrogen) atoms. The molecule has 0 aliphatic rings. The summed E-state index contributed by atoms with van der Waals surface area (Å²) in [4.78, 5) is 8.44. The lowest BCUT2D eigenvalue weighted by Crippen LogP contribution is -1.95. The molecule has 0 radical (unpaired) electrons. The van der Waals surface area contributed by atoms with Gasteiger partial charge in [-0.05, 0) is 19.1 Å². The van der Waals surface area contributed by atoms with Crippen molar-refractivity contribution in [3.63, 3.8) is 0 Å². The van der Waals surface area contributed by atoms with Crippen LogP contribution in [0.2, 0.25) is 0 Å². The third-order valence-electron chi connectivity index (χ3n) is 2.50. The first kappa shape index (κ1) is 9.77. The van der Waals surface area contributed by atoms with Crippen LogP contribution in [0.3, 0.4) is 0 Å². The SMILES string of the molecule is Cc1cc(Nc2ncnc3ccccc23)n[nH]1. The highest BCUT2D eigenvalue weighted by molar-refractivity contribution is 5.90. The van der Waals surface area contributed by atoms with Crippen molar-refractivity contribution in [3.8, 4) is 0 Å². The molecule has 2 heterocycles. The predicted octanol–water partition coefficient (Wildman–Crippen LogP) is 2.40. The van der Waals surface area contributed by atoms with E-state index < -0.39 is 0 Å². The maximum atomic E-state index is 4.24. The van der Waals surface area contributed by atoms with E-state index in [9.17, 15) is 0 Å². The second kappa shape index (κ2) is 3.86. The van der Waals surface area contributed by atoms with Gasteiger partial charge in [0, 0.05) is 17.1 Å². The summed E-state index contributed by atoms with van der Waals surface area (Å²) in [5.74, 6) is 1.52. The number of benzene rings is 1. The number of hydrogen-bond donors (Lipinski definition) is 2. The van der Waals surface area contributed by atoms with Gasteiger partial charge in [0.2, 0.25) is 0 Å². The van der Waals surface area contributed by atoms with Crippen molar-refractivity contribution in [2.24, 2.45) is 0 Å². The zero-order chi connectivity index (χ0) is 11.7. The smallest absolute Gasteiger partial charge is 0.153 e. The van der Waals surface area contributed by atoms with Gasteiger partial charge in [0.1, 0.15) is 12.1 Å². The second-order valence-electron chi connectivity index (χ2n) is 3.80. The maximum absolute atomic E-state index is 4.24. The molecule has 2 aromatic heterocycles. The Morgan fingerprint density at radius 3 is 2.88 bits per heavy atom. The van der Waals surface area contributed by atoms with Crippen LogP contribution in [0.25, 0.3) is 10.9 Å². The normalized spacial score (nSPS) is 10.6. The molecule has 0 bridgehead atoms. The van der Waals surface area contributed by atoms with Gasteiger partial charge in [-0.15, -0.1) is 0 Å². The fourth-order valence-electron chi connectivity index (χ4n) is 1.71. The van der Waals surface area contributed by atoms with Gasteiger partial charge in [0.15, 0.2) is 5.82 Å². The van der Waals surface area contributed by atoms with E-state index in [2.05, 4.69) is 25.5 Å². The molecule has 3 rings (SSSR count). The Morgan fingerprint density at radius 1 is 1.18 bits per heavy atom. The number of rotatable bonds is 2. The predicted molar refractivity (Wildman–Crippen MR) is 66.1 cm³/mol. The summed E-state index contributed by atoms with van der Waals surface area (Å²) >= 11 is 0. The third kappa shape index (κ3) is 1.82. The van der Waals surface area contributed by atoms with Crippen LogP contribution in [-0.4, -0.2) is 20.2 Å². The van der Waals surface area contributed by atoms with Crippen molar-refractivity contribution >= 4 is 22.5 Å². The quantitative estimate of drug-likeness (QED) is 0.702. The summed E-state index contributed by atoms with van der Waals surface area (Å²) in [5, 5.41) is 11.2. The summed E-state index contributed by atoms with van der Waals surface area (Å²) in [7, 11) is 0. The number of nitrogens with zero attached hydrogens (tertiary/aromatic N) is 3. The Labute approximate surface area is 97.9 Å². The van der Waals surface area contributed by atoms with Crippen molar-refractivity contribution in [2.45, 2.75) is 6.92 Å². The molecule has 0 spiro atoms. The number of aryl methyl sites for hydroxylation is 1. The summed E-state index contributed by atoms with van der Waals surface area (Å²) in [6, 6.07) is 9.79. The fourth-order valence-corrected chi connectivity index (χ4v) is 1.71. The minimum absolute atomic E-state index is 0.756. The summed E-state index contributed by atoms with van der Waals surface area (Å²) < 4.78 is 0. The largest absolute Gasteiger partial charge is 0.323 e. The minimum atomic E-state index is 0.756. The molecule has 2 N–H and O–H groups in total. The molecule has 0 fully saturated rings. The topological polar surface area (TPSA) is 66.5 Å². The molecule has 0 aliphatic heterocycles. The molecule has 5 nitrogen and oxygen atoms in total. The molecular formula is C12H11N5. The van der Waals surface area contributed by atoms with Crippen molar-refractivity contribution in [1.29, 1.82) is 0 Å². The highest BCUT2D eigenvalue weighted by Gasteiger charge is 2.04. The first-order valence-electron chi connectivity index (χ1n) is 5.32. The van der Waals surface area contributed by atoms with Crippen molar-refractivity contribution in [1.82, 2.24) is 20.2 Å². The van der Waals surface area contributed by atoms with Gasteiger partial charge >= 0.3 is 0 Å². The van der Waals surface area contributed by atoms with Crippen LogP contribution in [0, 0.1) is 6.92 Å². The van der Waals surface area contributed by atoms with Crippen LogP contribution in [0.1, 0.15) is 5.69 Å². The number of anilines is 2. The van der Waals surface area contributed by atoms with E-state index in [4.69, 9.17) is 0 Å². The molecule has 0 aliphatic carbocycles. The second-order valence-corrected chi connectivity index (χ2v) is 3.80. The highest BCUT2D eigenvalue weighted by Crippen LogP contribution is 2.21. The molecule has 5 heteroatoms. The van der Waals surface area contributed by atoms with Crippen LogP contribution < -0.4 is 5.32 Å². The van der Waals surface area contributed by atoms with Gasteiger partial charge in [0.25, 0.3) is 0 Å². The van der Waals surface area contributed by atoms with Gasteiger partial charge in [-0.3, -0.25) is 5.10 Å². The fraction of sp³-hybridized carbons (Fsp3) is 0.0833. The number of para-hydroxylation sites is 1. The average Bonchev–Trinajstić information content (AvgIpc) is 2.75. The van der Waals surface area contributed by atoms with Gasteiger partial charge in [-0.1, -0.05) is 12.1 Å². The maximum Gasteiger partial charge on any atom is 0.153 e. The first-order valence-corrected chi connectivity index (χ1v) is 5.32. The van der Waals surface area contributed by atoms with E-state index in [0.717, 1.165) is 28.2 Å². The standard InChI is InChI=1S/C12H11N5/c1-8-6-11(17-16-8)15-12-9-4-2-3-5-10(9)13-7-14-12/h2-7H,1H3,(H2,13,14,15,16,17). The molecule has 0 saturated heterocycles. The van der Waals surface area contributed by atoms with E-state index in [-0.39, 0.29) is 0 Å². The van der Waals surface area contributed by atoms with E-state index in [1.54, 1.807) is 6.33 Å². The lowest BCUT2D eigenvalue weighted by atomic mass is 10.2. The molecular weight excluding hydrogens is 214 g/mol. The molecule has 1 aromatic carbocycles. The monoisotopic (exact) mass is 225 g/mol. The van der Waals surface area contributed by atoms with E-state index in [1.165, 1.54) is 0 Å². The Kier molecular flexibility index (Phi) is 2.22. The van der Waals surface area contributed by atoms with E-state index in [0.29, 0.717) is 0 Å². The third-order valence-corrected chi connectivity index (χ3v) is 2.50. The van der Waals surface area contributed by atoms with Crippen molar-refractivity contribution < 1.29 is 0 Å². The lowest BCUT2D eigenvalue weighted by Gasteiger charge is -2.04. The van der Waals surface area contributed by atoms with E-state index in [1.807, 2.05) is 37.3 Å². The van der Waals surface area contributed by atoms with Crippen LogP contribution >= 0.6 is 0 Å². The molecule has 0 amide bonds. The van der Waals surface area contributed by atoms with Gasteiger partial charge in [-0.2, -0.15) is 5.10 Å². The summed E-state index contributed by atoms with van der Waals surface area (Å²) in [5.41, 5.74) is 1.92. The van der Waals surface area contributed by atoms with Gasteiger partial charge in [-0.25, -0.2) is 9.97 Å². The molecule has 84 valence electrons. The number of aromatic amines is 1. The van der Waals surface area contributed by atoms with Gasteiger partial charge < -0.3 is 5.32 Å². The Morgan fingerprint density at radius 2 is 2.06 bits per heavy atom. The Balaban J connectivity index is 2.05. The number of nitrogens with one attached hydrogen (secondary N) is 2. The zero-order valence-electron chi connectivity index (χ0n) is 9.31. The van der Waals surface area contributed by atoms with E-state index >= 15 is 0 Å². The summed E-state index contributed by atoms with van der Waals surface area (Å²) in [6.45, 7) is 1.95. The highest BCUT2D eigenvalue weighted by atomic mass is 15.2. The Hall–Kier alpha value is -2.43. The average molecular weight is 225 g/mol. The number of H-pyrrole nitrogens is 1. The molecule has 3 aromatic rings. The van der Waals surface area contributed by atoms with Crippen LogP contribution in [0.5, 0.6) is 0 Å². The molecule has 0 saturated carbocycles. The van der Waals surface area contributed by atoms with Crippen LogP contribution in [0.15, 0.2) is 36.7 Å². The van der Waals surface area contributed by atoms with Crippen molar-refractivity contribution in [3.05, 3.63) is 42.4 Å². The number of aromatic nitrogens is 4. The Bertz CT molecular complexity index is 653. The number of hydrogen-bond acceptors (Lipinski definition) is 4. The molecule has 0 atom stereocenters. The molecule has 0 unspecified atom stereocenters. The first-order chi connectivity index (χ1) is 8.33. The zero-order valence-corrected chi connectivity index (χ0v) is 9.31. The van der Waals surface area contributed by atoms with Crippen LogP contribution in [0.4, 0.5) is 11.6 Å².